The summed E-state index contributed by atoms with van der Waals surface area (Å²) in [6, 6.07) is 25.8. The van der Waals surface area contributed by atoms with E-state index in [9.17, 15) is 19.7 Å². The van der Waals surface area contributed by atoms with Gasteiger partial charge in [0.1, 0.15) is 5.54 Å². The Morgan fingerprint density at radius 1 is 1.00 bits per heavy atom. The largest absolute Gasteiger partial charge is 0.324 e. The molecule has 0 saturated carbocycles. The average Bonchev–Trinajstić information content (AvgIpc) is 3.61. The SMILES string of the molecule is O=C(c1ccc2ccccc2c1)C1C(c2ccc([N+](=O)[O-])cc2)C2CCCN2[C@@]12C(=O)Nc1ccc(Br)cc12. The molecule has 4 aromatic rings. The number of non-ortho nitro benzene ring substituents is 1. The molecule has 7 rings (SSSR count). The first-order valence-corrected chi connectivity index (χ1v) is 13.8. The van der Waals surface area contributed by atoms with E-state index in [-0.39, 0.29) is 29.3 Å². The van der Waals surface area contributed by atoms with E-state index in [2.05, 4.69) is 26.1 Å². The van der Waals surface area contributed by atoms with E-state index in [0.717, 1.165) is 44.9 Å². The molecule has 3 aliphatic rings. The maximum absolute atomic E-state index is 14.8. The molecule has 194 valence electrons. The molecule has 7 nitrogen and oxygen atoms in total. The molecule has 3 aliphatic heterocycles. The van der Waals surface area contributed by atoms with Crippen LogP contribution in [0.2, 0.25) is 0 Å². The third-order valence-corrected chi connectivity index (χ3v) is 9.26. The number of nitro groups is 1. The van der Waals surface area contributed by atoms with Crippen LogP contribution < -0.4 is 5.32 Å². The van der Waals surface area contributed by atoms with Crippen LogP contribution in [0.4, 0.5) is 11.4 Å². The highest BCUT2D eigenvalue weighted by Crippen LogP contribution is 2.61. The summed E-state index contributed by atoms with van der Waals surface area (Å²) in [4.78, 5) is 42.1. The van der Waals surface area contributed by atoms with Crippen molar-refractivity contribution in [2.45, 2.75) is 30.3 Å². The number of amides is 1. The van der Waals surface area contributed by atoms with Crippen molar-refractivity contribution in [3.05, 3.63) is 116 Å². The minimum Gasteiger partial charge on any atom is -0.324 e. The van der Waals surface area contributed by atoms with Gasteiger partial charge in [0.25, 0.3) is 5.69 Å². The van der Waals surface area contributed by atoms with Crippen molar-refractivity contribution in [1.82, 2.24) is 4.90 Å². The molecule has 4 aromatic carbocycles. The Bertz CT molecular complexity index is 1690. The van der Waals surface area contributed by atoms with Gasteiger partial charge in [-0.3, -0.25) is 24.6 Å². The predicted octanol–water partition coefficient (Wildman–Crippen LogP) is 6.42. The second-order valence-corrected chi connectivity index (χ2v) is 11.5. The van der Waals surface area contributed by atoms with Crippen LogP contribution in [0.1, 0.15) is 40.2 Å². The molecule has 0 bridgehead atoms. The summed E-state index contributed by atoms with van der Waals surface area (Å²) in [7, 11) is 0. The van der Waals surface area contributed by atoms with Crippen LogP contribution in [0.5, 0.6) is 0 Å². The van der Waals surface area contributed by atoms with Gasteiger partial charge in [-0.2, -0.15) is 0 Å². The lowest BCUT2D eigenvalue weighted by atomic mass is 9.68. The van der Waals surface area contributed by atoms with Crippen LogP contribution in [-0.4, -0.2) is 34.1 Å². The van der Waals surface area contributed by atoms with Gasteiger partial charge in [-0.25, -0.2) is 0 Å². The molecule has 8 heteroatoms. The van der Waals surface area contributed by atoms with Gasteiger partial charge < -0.3 is 5.32 Å². The Labute approximate surface area is 233 Å². The predicted molar refractivity (Wildman–Crippen MR) is 152 cm³/mol. The highest BCUT2D eigenvalue weighted by molar-refractivity contribution is 9.10. The van der Waals surface area contributed by atoms with Crippen LogP contribution in [0, 0.1) is 16.0 Å². The lowest BCUT2D eigenvalue weighted by Crippen LogP contribution is -2.52. The molecular weight excluding hydrogens is 558 g/mol. The van der Waals surface area contributed by atoms with Gasteiger partial charge in [0.2, 0.25) is 5.91 Å². The molecule has 3 heterocycles. The Balaban J connectivity index is 1.47. The van der Waals surface area contributed by atoms with Crippen molar-refractivity contribution in [2.75, 3.05) is 11.9 Å². The standard InChI is InChI=1S/C31H24BrN3O4/c32-22-11-14-25-24(17-22)31(30(37)33-25)28(29(36)21-8-7-18-4-1-2-5-20(18)16-21)27(26-6-3-15-34(26)31)19-9-12-23(13-10-19)35(38)39/h1-2,4-5,7-14,16-17,26-28H,3,6,15H2,(H,33,37)/t26?,27?,28?,31-/m1/s1. The van der Waals surface area contributed by atoms with Gasteiger partial charge in [-0.1, -0.05) is 64.5 Å². The molecule has 0 aliphatic carbocycles. The topological polar surface area (TPSA) is 92.5 Å². The smallest absolute Gasteiger partial charge is 0.269 e. The van der Waals surface area contributed by atoms with E-state index in [1.54, 1.807) is 12.1 Å². The Morgan fingerprint density at radius 2 is 1.77 bits per heavy atom. The molecule has 4 atom stereocenters. The van der Waals surface area contributed by atoms with Gasteiger partial charge in [-0.05, 0) is 60.0 Å². The van der Waals surface area contributed by atoms with Crippen LogP contribution in [0.3, 0.4) is 0 Å². The summed E-state index contributed by atoms with van der Waals surface area (Å²) in [6.07, 6.45) is 1.74. The maximum atomic E-state index is 14.8. The fourth-order valence-electron chi connectivity index (χ4n) is 7.25. The van der Waals surface area contributed by atoms with Crippen LogP contribution >= 0.6 is 15.9 Å². The highest BCUT2D eigenvalue weighted by Gasteiger charge is 2.69. The second-order valence-electron chi connectivity index (χ2n) is 10.6. The zero-order valence-corrected chi connectivity index (χ0v) is 22.4. The number of nitrogens with zero attached hydrogens (tertiary/aromatic N) is 2. The third kappa shape index (κ3) is 3.44. The van der Waals surface area contributed by atoms with Crippen LogP contribution in [0.15, 0.2) is 89.4 Å². The molecule has 1 N–H and O–H groups in total. The fraction of sp³-hybridized carbons (Fsp3) is 0.226. The number of nitro benzene ring substituents is 1. The van der Waals surface area contributed by atoms with Gasteiger partial charge >= 0.3 is 0 Å². The summed E-state index contributed by atoms with van der Waals surface area (Å²) in [5.41, 5.74) is 1.73. The molecule has 0 aromatic heterocycles. The Hall–Kier alpha value is -3.88. The summed E-state index contributed by atoms with van der Waals surface area (Å²) in [6.45, 7) is 0.690. The number of hydrogen-bond donors (Lipinski definition) is 1. The summed E-state index contributed by atoms with van der Waals surface area (Å²) < 4.78 is 0.837. The number of nitrogens with one attached hydrogen (secondary N) is 1. The first kappa shape index (κ1) is 24.2. The summed E-state index contributed by atoms with van der Waals surface area (Å²) in [5.74, 6) is -1.32. The zero-order valence-electron chi connectivity index (χ0n) is 20.8. The molecule has 2 fully saturated rings. The monoisotopic (exact) mass is 581 g/mol. The van der Waals surface area contributed by atoms with Crippen molar-refractivity contribution >= 4 is 49.8 Å². The number of Topliss-reactive ketones (excluding diaryl/α,β-unsaturated/α-hetero) is 1. The molecule has 3 unspecified atom stereocenters. The maximum Gasteiger partial charge on any atom is 0.269 e. The van der Waals surface area contributed by atoms with Crippen molar-refractivity contribution in [2.24, 2.45) is 5.92 Å². The van der Waals surface area contributed by atoms with Crippen molar-refractivity contribution in [3.8, 4) is 0 Å². The lowest BCUT2D eigenvalue weighted by molar-refractivity contribution is -0.384. The molecule has 2 saturated heterocycles. The first-order valence-electron chi connectivity index (χ1n) is 13.0. The van der Waals surface area contributed by atoms with E-state index in [0.29, 0.717) is 12.1 Å². The number of ketones is 1. The molecule has 0 radical (unpaired) electrons. The number of carbonyl (C=O) groups is 2. The van der Waals surface area contributed by atoms with E-state index in [1.165, 1.54) is 12.1 Å². The fourth-order valence-corrected chi connectivity index (χ4v) is 7.61. The Kier molecular flexibility index (Phi) is 5.47. The number of anilines is 1. The number of carbonyl (C=O) groups excluding carboxylic acids is 2. The van der Waals surface area contributed by atoms with Crippen molar-refractivity contribution < 1.29 is 14.5 Å². The summed E-state index contributed by atoms with van der Waals surface area (Å²) in [5, 5.41) is 16.5. The van der Waals surface area contributed by atoms with Crippen molar-refractivity contribution in [1.29, 1.82) is 0 Å². The zero-order chi connectivity index (χ0) is 26.9. The van der Waals surface area contributed by atoms with Crippen LogP contribution in [-0.2, 0) is 10.3 Å². The van der Waals surface area contributed by atoms with Gasteiger partial charge in [0, 0.05) is 45.4 Å². The third-order valence-electron chi connectivity index (χ3n) is 8.77. The number of rotatable bonds is 4. The Morgan fingerprint density at radius 3 is 2.54 bits per heavy atom. The van der Waals surface area contributed by atoms with E-state index < -0.39 is 16.4 Å². The highest BCUT2D eigenvalue weighted by atomic mass is 79.9. The van der Waals surface area contributed by atoms with Gasteiger partial charge in [-0.15, -0.1) is 0 Å². The number of hydrogen-bond acceptors (Lipinski definition) is 5. The number of halogens is 1. The quantitative estimate of drug-likeness (QED) is 0.170. The average molecular weight is 582 g/mol. The van der Waals surface area contributed by atoms with Crippen LogP contribution in [0.25, 0.3) is 10.8 Å². The molecule has 1 spiro atoms. The van der Waals surface area contributed by atoms with Crippen molar-refractivity contribution in [3.63, 3.8) is 0 Å². The molecule has 1 amide bonds. The first-order chi connectivity index (χ1) is 18.9. The minimum atomic E-state index is -1.19. The van der Waals surface area contributed by atoms with E-state index in [1.807, 2.05) is 60.7 Å². The lowest BCUT2D eigenvalue weighted by Gasteiger charge is -2.37. The normalized spacial score (nSPS) is 25.6. The van der Waals surface area contributed by atoms with E-state index >= 15 is 0 Å². The number of fused-ring (bicyclic) bond motifs is 5. The number of benzene rings is 4. The second kappa shape index (κ2) is 8.83. The van der Waals surface area contributed by atoms with E-state index in [4.69, 9.17) is 0 Å². The summed E-state index contributed by atoms with van der Waals surface area (Å²) >= 11 is 3.59. The minimum absolute atomic E-state index is 0.0000274. The molecule has 39 heavy (non-hydrogen) atoms. The van der Waals surface area contributed by atoms with Gasteiger partial charge in [0.05, 0.1) is 10.8 Å². The van der Waals surface area contributed by atoms with Gasteiger partial charge in [0.15, 0.2) is 5.78 Å². The molecular formula is C31H24BrN3O4.